The van der Waals surface area contributed by atoms with Crippen LogP contribution in [0.2, 0.25) is 0 Å². The van der Waals surface area contributed by atoms with Crippen LogP contribution >= 0.6 is 48.3 Å². The Morgan fingerprint density at radius 2 is 1.02 bits per heavy atom. The molecule has 14 heteroatoms. The number of fused-ring (bicyclic) bond motifs is 2. The molecule has 4 aliphatic carbocycles. The maximum Gasteiger partial charge on any atom is 0.178 e. The molecule has 0 aromatic carbocycles. The van der Waals surface area contributed by atoms with Crippen molar-refractivity contribution in [1.29, 1.82) is 0 Å². The summed E-state index contributed by atoms with van der Waals surface area (Å²) in [4.78, 5) is 38.5. The van der Waals surface area contributed by atoms with Crippen molar-refractivity contribution in [3.05, 3.63) is 22.6 Å². The van der Waals surface area contributed by atoms with E-state index in [2.05, 4.69) is 32.9 Å². The Bertz CT molecular complexity index is 1690. The summed E-state index contributed by atoms with van der Waals surface area (Å²) in [5.74, 6) is 3.33. The van der Waals surface area contributed by atoms with Gasteiger partial charge in [-0.05, 0) is 64.2 Å². The normalized spacial score (nSPS) is 19.7. The van der Waals surface area contributed by atoms with Gasteiger partial charge in [0.15, 0.2) is 32.6 Å². The van der Waals surface area contributed by atoms with Crippen LogP contribution < -0.4 is 11.0 Å². The van der Waals surface area contributed by atoms with Crippen molar-refractivity contribution >= 4 is 70.7 Å². The molecule has 47 heavy (non-hydrogen) atoms. The monoisotopic (exact) mass is 718 g/mol. The third kappa shape index (κ3) is 7.45. The van der Waals surface area contributed by atoms with E-state index in [-0.39, 0.29) is 24.8 Å². The Hall–Kier alpha value is -2.02. The molecular weight excluding hydrogens is 671 g/mol. The van der Waals surface area contributed by atoms with Crippen LogP contribution in [-0.2, 0) is 13.1 Å². The lowest BCUT2D eigenvalue weighted by Crippen LogP contribution is -2.21. The molecule has 4 fully saturated rings. The molecule has 0 aliphatic heterocycles. The molecule has 10 nitrogen and oxygen atoms in total. The molecule has 2 N–H and O–H groups in total. The number of halogens is 2. The first-order valence-electron chi connectivity index (χ1n) is 17.5. The standard InChI is InChI=1S/C33H46N10S2.2ClH/c1-3-17-42-30-24(36-26(38-30)20-13-14-20)28(34-22-9-5-6-10-22)40-32(42)44-19-45-33-41-29(35-23-11-7-8-12-23)25-31(43(33)18-4-2)39-27(37-25)21-15-16-21;;/h20-23H,3-19H2,1-2H3,(H,36,38)(H,37,39);2*1H. The quantitative estimate of drug-likeness (QED) is 0.0878. The number of H-pyrrole nitrogens is 2. The molecule has 4 saturated carbocycles. The molecule has 8 rings (SSSR count). The lowest BCUT2D eigenvalue weighted by Gasteiger charge is -2.15. The average Bonchev–Trinajstić information content (AvgIpc) is 3.80. The SMILES string of the molecule is CCCn1c(SCSc2nc(=NC3CCCC3)c3[nH]c(C4CC4)nc3n2CCC)nc(=NC2CCCC2)c2[nH]c(C3CC3)nc21.Cl.Cl. The van der Waals surface area contributed by atoms with Crippen LogP contribution in [0.1, 0.15) is 127 Å². The summed E-state index contributed by atoms with van der Waals surface area (Å²) in [7, 11) is 0. The Labute approximate surface area is 297 Å². The molecule has 0 atom stereocenters. The number of thioether (sulfide) groups is 2. The summed E-state index contributed by atoms with van der Waals surface area (Å²) in [6, 6.07) is 0.728. The molecule has 0 spiro atoms. The zero-order chi connectivity index (χ0) is 30.3. The van der Waals surface area contributed by atoms with E-state index in [1.807, 2.05) is 0 Å². The van der Waals surface area contributed by atoms with Crippen molar-refractivity contribution < 1.29 is 0 Å². The minimum Gasteiger partial charge on any atom is -0.337 e. The molecule has 4 aromatic rings. The second-order valence-corrected chi connectivity index (χ2v) is 15.7. The average molecular weight is 720 g/mol. The van der Waals surface area contributed by atoms with Crippen LogP contribution in [0.4, 0.5) is 0 Å². The van der Waals surface area contributed by atoms with Crippen molar-refractivity contribution in [3.8, 4) is 0 Å². The third-order valence-corrected chi connectivity index (χ3v) is 11.8. The number of aromatic amines is 2. The van der Waals surface area contributed by atoms with Crippen LogP contribution in [0.25, 0.3) is 22.3 Å². The highest BCUT2D eigenvalue weighted by Crippen LogP contribution is 2.40. The minimum absolute atomic E-state index is 0. The zero-order valence-corrected chi connectivity index (χ0v) is 30.8. The molecule has 4 aromatic heterocycles. The lowest BCUT2D eigenvalue weighted by atomic mass is 10.3. The van der Waals surface area contributed by atoms with E-state index < -0.39 is 0 Å². The first kappa shape index (κ1) is 34.8. The molecule has 0 radical (unpaired) electrons. The van der Waals surface area contributed by atoms with Gasteiger partial charge in [0.25, 0.3) is 0 Å². The van der Waals surface area contributed by atoms with Crippen LogP contribution in [0.5, 0.6) is 0 Å². The molecule has 4 heterocycles. The van der Waals surface area contributed by atoms with Gasteiger partial charge in [-0.3, -0.25) is 9.98 Å². The van der Waals surface area contributed by atoms with Crippen molar-refractivity contribution in [1.82, 2.24) is 39.0 Å². The summed E-state index contributed by atoms with van der Waals surface area (Å²) >= 11 is 3.56. The van der Waals surface area contributed by atoms with Gasteiger partial charge in [0.1, 0.15) is 22.7 Å². The van der Waals surface area contributed by atoms with Gasteiger partial charge in [-0.1, -0.05) is 63.1 Å². The molecule has 0 bridgehead atoms. The molecule has 0 saturated heterocycles. The van der Waals surface area contributed by atoms with E-state index in [0.29, 0.717) is 23.9 Å². The Balaban J connectivity index is 0.00000193. The molecule has 4 aliphatic rings. The Morgan fingerprint density at radius 1 is 0.617 bits per heavy atom. The fourth-order valence-corrected chi connectivity index (χ4v) is 9.01. The largest absolute Gasteiger partial charge is 0.337 e. The second-order valence-electron chi connectivity index (χ2n) is 13.5. The van der Waals surface area contributed by atoms with Crippen molar-refractivity contribution in [3.63, 3.8) is 0 Å². The van der Waals surface area contributed by atoms with Crippen LogP contribution in [0, 0.1) is 0 Å². The number of nitrogens with zero attached hydrogens (tertiary/aromatic N) is 8. The lowest BCUT2D eigenvalue weighted by molar-refractivity contribution is 0.602. The van der Waals surface area contributed by atoms with Gasteiger partial charge in [-0.15, -0.1) is 24.8 Å². The number of imidazole rings is 2. The summed E-state index contributed by atoms with van der Waals surface area (Å²) in [5, 5.41) is 2.78. The third-order valence-electron chi connectivity index (χ3n) is 9.69. The van der Waals surface area contributed by atoms with Crippen molar-refractivity contribution in [2.45, 2.75) is 151 Å². The summed E-state index contributed by atoms with van der Waals surface area (Å²) in [6.45, 7) is 6.23. The molecule has 0 amide bonds. The fraction of sp³-hybridized carbons (Fsp3) is 0.697. The highest BCUT2D eigenvalue weighted by atomic mass is 35.5. The van der Waals surface area contributed by atoms with Crippen molar-refractivity contribution in [2.24, 2.45) is 9.98 Å². The smallest absolute Gasteiger partial charge is 0.178 e. The van der Waals surface area contributed by atoms with E-state index >= 15 is 0 Å². The van der Waals surface area contributed by atoms with Gasteiger partial charge < -0.3 is 19.1 Å². The van der Waals surface area contributed by atoms with Gasteiger partial charge in [0.2, 0.25) is 0 Å². The van der Waals surface area contributed by atoms with Gasteiger partial charge >= 0.3 is 0 Å². The first-order valence-corrected chi connectivity index (χ1v) is 19.5. The van der Waals surface area contributed by atoms with Gasteiger partial charge in [-0.25, -0.2) is 19.9 Å². The second kappa shape index (κ2) is 15.3. The summed E-state index contributed by atoms with van der Waals surface area (Å²) in [6.07, 6.45) is 16.6. The van der Waals surface area contributed by atoms with Gasteiger partial charge in [0, 0.05) is 24.9 Å². The number of rotatable bonds is 12. The van der Waals surface area contributed by atoms with E-state index in [4.69, 9.17) is 29.9 Å². The van der Waals surface area contributed by atoms with Crippen LogP contribution in [0.3, 0.4) is 0 Å². The number of aromatic nitrogens is 8. The number of aryl methyl sites for hydroxylation is 2. The first-order chi connectivity index (χ1) is 22.2. The van der Waals surface area contributed by atoms with E-state index in [1.54, 1.807) is 23.5 Å². The Morgan fingerprint density at radius 3 is 1.38 bits per heavy atom. The van der Waals surface area contributed by atoms with Crippen LogP contribution in [-0.4, -0.2) is 56.2 Å². The van der Waals surface area contributed by atoms with E-state index in [0.717, 1.165) is 112 Å². The molecular formula is C33H48Cl2N10S2. The zero-order valence-electron chi connectivity index (χ0n) is 27.5. The van der Waals surface area contributed by atoms with Gasteiger partial charge in [-0.2, -0.15) is 0 Å². The number of nitrogens with one attached hydrogen (secondary N) is 2. The highest BCUT2D eigenvalue weighted by Gasteiger charge is 2.30. The molecule has 0 unspecified atom stereocenters. The predicted molar refractivity (Wildman–Crippen MR) is 195 cm³/mol. The van der Waals surface area contributed by atoms with E-state index in [9.17, 15) is 0 Å². The van der Waals surface area contributed by atoms with Crippen LogP contribution in [0.15, 0.2) is 20.3 Å². The van der Waals surface area contributed by atoms with Gasteiger partial charge in [0.05, 0.1) is 17.2 Å². The number of hydrogen-bond donors (Lipinski definition) is 2. The predicted octanol–water partition coefficient (Wildman–Crippen LogP) is 7.78. The Kier molecular flexibility index (Phi) is 11.3. The summed E-state index contributed by atoms with van der Waals surface area (Å²) in [5.41, 5.74) is 5.76. The minimum atomic E-state index is 0. The highest BCUT2D eigenvalue weighted by molar-refractivity contribution is 8.15. The van der Waals surface area contributed by atoms with Crippen molar-refractivity contribution in [2.75, 3.05) is 5.08 Å². The fourth-order valence-electron chi connectivity index (χ4n) is 6.97. The maximum absolute atomic E-state index is 5.24. The van der Waals surface area contributed by atoms with E-state index in [1.165, 1.54) is 51.4 Å². The number of hydrogen-bond acceptors (Lipinski definition) is 8. The summed E-state index contributed by atoms with van der Waals surface area (Å²) < 4.78 is 4.65. The topological polar surface area (TPSA) is 118 Å². The molecule has 256 valence electrons. The maximum atomic E-state index is 5.24.